The van der Waals surface area contributed by atoms with Gasteiger partial charge in [0.25, 0.3) is 0 Å². The summed E-state index contributed by atoms with van der Waals surface area (Å²) < 4.78 is 34.0. The van der Waals surface area contributed by atoms with Crippen LogP contribution < -0.4 is 4.90 Å². The molecule has 0 saturated carbocycles. The van der Waals surface area contributed by atoms with Crippen LogP contribution in [0.4, 0.5) is 14.5 Å². The molecule has 1 unspecified atom stereocenters. The number of ether oxygens (including phenoxy) is 1. The zero-order valence-electron chi connectivity index (χ0n) is 16.3. The number of fused-ring (bicyclic) bond motifs is 1. The summed E-state index contributed by atoms with van der Waals surface area (Å²) >= 11 is 6.35. The van der Waals surface area contributed by atoms with E-state index < -0.39 is 11.6 Å². The molecule has 0 bridgehead atoms. The van der Waals surface area contributed by atoms with Gasteiger partial charge in [0.15, 0.2) is 0 Å². The maximum atomic E-state index is 13.8. The number of aliphatic imine (C=N–C) groups is 1. The fraction of sp³-hybridized carbons (Fsp3) is 0.182. The molecule has 1 aliphatic heterocycles. The summed E-state index contributed by atoms with van der Waals surface area (Å²) in [7, 11) is 0. The lowest BCUT2D eigenvalue weighted by Crippen LogP contribution is -2.32. The van der Waals surface area contributed by atoms with E-state index in [1.54, 1.807) is 17.0 Å². The van der Waals surface area contributed by atoms with Gasteiger partial charge in [-0.2, -0.15) is 0 Å². The Balaban J connectivity index is 1.53. The average molecular weight is 430 g/mol. The molecule has 0 radical (unpaired) electrons. The highest BCUT2D eigenvalue weighted by Gasteiger charge is 2.22. The first-order valence-corrected chi connectivity index (χ1v) is 9.64. The second-order valence-electron chi connectivity index (χ2n) is 6.92. The highest BCUT2D eigenvalue weighted by atomic mass is 35.5. The van der Waals surface area contributed by atoms with E-state index in [2.05, 4.69) is 4.99 Å². The van der Waals surface area contributed by atoms with E-state index in [1.807, 2.05) is 36.1 Å². The van der Waals surface area contributed by atoms with Crippen molar-refractivity contribution in [2.24, 2.45) is 4.99 Å². The van der Waals surface area contributed by atoms with Gasteiger partial charge in [-0.1, -0.05) is 11.6 Å². The van der Waals surface area contributed by atoms with Crippen molar-refractivity contribution in [2.45, 2.75) is 26.6 Å². The minimum atomic E-state index is -0.688. The molecule has 1 atom stereocenters. The lowest BCUT2D eigenvalue weighted by atomic mass is 10.2. The van der Waals surface area contributed by atoms with E-state index >= 15 is 0 Å². The number of carbonyl (C=O) groups excluding carboxylic acids is 1. The van der Waals surface area contributed by atoms with E-state index in [0.717, 1.165) is 22.7 Å². The first kappa shape index (κ1) is 20.1. The van der Waals surface area contributed by atoms with Crippen LogP contribution in [0.25, 0.3) is 10.9 Å². The van der Waals surface area contributed by atoms with Gasteiger partial charge in [0.1, 0.15) is 29.4 Å². The molecule has 4 rings (SSSR count). The highest BCUT2D eigenvalue weighted by Crippen LogP contribution is 2.29. The molecule has 0 saturated heterocycles. The Morgan fingerprint density at radius 1 is 1.20 bits per heavy atom. The minimum absolute atomic E-state index is 0.0592. The summed E-state index contributed by atoms with van der Waals surface area (Å²) in [6.07, 6.45) is 3.10. The van der Waals surface area contributed by atoms with Crippen LogP contribution in [0.5, 0.6) is 0 Å². The van der Waals surface area contributed by atoms with E-state index in [9.17, 15) is 13.6 Å². The SMILES string of the molecule is CC(=O)n1ccc2cc(N3C=C(Cl)C(OCc4ccc(F)cc4F)=NC3C)ccc21. The van der Waals surface area contributed by atoms with Crippen LogP contribution in [0.15, 0.2) is 64.9 Å². The van der Waals surface area contributed by atoms with Gasteiger partial charge in [0, 0.05) is 42.0 Å². The second-order valence-corrected chi connectivity index (χ2v) is 7.33. The third-order valence-electron chi connectivity index (χ3n) is 4.85. The van der Waals surface area contributed by atoms with E-state index in [0.29, 0.717) is 0 Å². The first-order valence-electron chi connectivity index (χ1n) is 9.26. The molecule has 0 amide bonds. The van der Waals surface area contributed by atoms with Crippen molar-refractivity contribution in [1.82, 2.24) is 4.57 Å². The van der Waals surface area contributed by atoms with Crippen molar-refractivity contribution in [3.05, 3.63) is 77.1 Å². The molecule has 1 aromatic heterocycles. The monoisotopic (exact) mass is 429 g/mol. The maximum Gasteiger partial charge on any atom is 0.231 e. The molecule has 3 aromatic rings. The number of rotatable bonds is 3. The van der Waals surface area contributed by atoms with Crippen molar-refractivity contribution in [3.63, 3.8) is 0 Å². The maximum absolute atomic E-state index is 13.8. The van der Waals surface area contributed by atoms with Gasteiger partial charge in [-0.05, 0) is 43.3 Å². The molecular weight excluding hydrogens is 412 g/mol. The number of hydrogen-bond acceptors (Lipinski definition) is 4. The highest BCUT2D eigenvalue weighted by molar-refractivity contribution is 6.42. The Bertz CT molecular complexity index is 1200. The first-order chi connectivity index (χ1) is 14.3. The molecule has 5 nitrogen and oxygen atoms in total. The van der Waals surface area contributed by atoms with Crippen LogP contribution in [-0.2, 0) is 11.3 Å². The van der Waals surface area contributed by atoms with Gasteiger partial charge >= 0.3 is 0 Å². The number of hydrogen-bond donors (Lipinski definition) is 0. The summed E-state index contributed by atoms with van der Waals surface area (Å²) in [4.78, 5) is 18.0. The Morgan fingerprint density at radius 2 is 2.00 bits per heavy atom. The lowest BCUT2D eigenvalue weighted by molar-refractivity contribution is 0.0941. The second kappa shape index (κ2) is 7.91. The van der Waals surface area contributed by atoms with Gasteiger partial charge < -0.3 is 9.64 Å². The van der Waals surface area contributed by atoms with Crippen molar-refractivity contribution < 1.29 is 18.3 Å². The summed E-state index contributed by atoms with van der Waals surface area (Å²) in [5, 5.41) is 1.18. The molecule has 154 valence electrons. The predicted molar refractivity (Wildman–Crippen MR) is 113 cm³/mol. The number of benzene rings is 2. The third kappa shape index (κ3) is 3.80. The molecule has 8 heteroatoms. The van der Waals surface area contributed by atoms with Crippen LogP contribution in [0.2, 0.25) is 0 Å². The Labute approximate surface area is 176 Å². The standard InChI is InChI=1S/C22H18ClF2N3O2/c1-13-26-22(30-12-16-3-4-17(24)10-20(16)25)19(23)11-28(13)18-5-6-21-15(9-18)7-8-27(21)14(2)29/h3-11,13H,12H2,1-2H3. The topological polar surface area (TPSA) is 46.8 Å². The average Bonchev–Trinajstić information content (AvgIpc) is 3.13. The molecule has 0 fully saturated rings. The quantitative estimate of drug-likeness (QED) is 0.557. The smallest absolute Gasteiger partial charge is 0.231 e. The fourth-order valence-electron chi connectivity index (χ4n) is 3.33. The predicted octanol–water partition coefficient (Wildman–Crippen LogP) is 5.44. The molecular formula is C22H18ClF2N3O2. The molecule has 0 aliphatic carbocycles. The van der Waals surface area contributed by atoms with Crippen molar-refractivity contribution in [2.75, 3.05) is 4.90 Å². The number of halogens is 3. The van der Waals surface area contributed by atoms with Crippen molar-refractivity contribution in [3.8, 4) is 0 Å². The summed E-state index contributed by atoms with van der Waals surface area (Å²) in [6.45, 7) is 3.26. The van der Waals surface area contributed by atoms with Crippen LogP contribution in [0, 0.1) is 11.6 Å². The van der Waals surface area contributed by atoms with Crippen LogP contribution in [0.1, 0.15) is 24.2 Å². The van der Waals surface area contributed by atoms with Gasteiger partial charge in [-0.15, -0.1) is 0 Å². The van der Waals surface area contributed by atoms with Gasteiger partial charge in [0.05, 0.1) is 5.52 Å². The number of anilines is 1. The Morgan fingerprint density at radius 3 is 2.73 bits per heavy atom. The Kier molecular flexibility index (Phi) is 5.30. The van der Waals surface area contributed by atoms with E-state index in [1.165, 1.54) is 19.1 Å². The molecule has 2 aromatic carbocycles. The number of aromatic nitrogens is 1. The molecule has 0 N–H and O–H groups in total. The number of carbonyl (C=O) groups is 1. The Hall–Kier alpha value is -3.19. The zero-order valence-corrected chi connectivity index (χ0v) is 17.0. The fourth-order valence-corrected chi connectivity index (χ4v) is 3.53. The van der Waals surface area contributed by atoms with Crippen LogP contribution in [0.3, 0.4) is 0 Å². The molecule has 0 spiro atoms. The summed E-state index contributed by atoms with van der Waals surface area (Å²) in [6, 6.07) is 10.9. The van der Waals surface area contributed by atoms with Crippen LogP contribution in [-0.4, -0.2) is 22.5 Å². The van der Waals surface area contributed by atoms with Gasteiger partial charge in [-0.25, -0.2) is 13.8 Å². The lowest BCUT2D eigenvalue weighted by Gasteiger charge is -2.29. The molecule has 30 heavy (non-hydrogen) atoms. The summed E-state index contributed by atoms with van der Waals surface area (Å²) in [5.74, 6) is -1.21. The van der Waals surface area contributed by atoms with Gasteiger partial charge in [0.2, 0.25) is 11.8 Å². The normalized spacial score (nSPS) is 16.4. The van der Waals surface area contributed by atoms with E-state index in [-0.39, 0.29) is 35.2 Å². The van der Waals surface area contributed by atoms with Gasteiger partial charge in [-0.3, -0.25) is 9.36 Å². The number of nitrogens with zero attached hydrogens (tertiary/aromatic N) is 3. The van der Waals surface area contributed by atoms with E-state index in [4.69, 9.17) is 16.3 Å². The van der Waals surface area contributed by atoms with Crippen molar-refractivity contribution >= 4 is 40.0 Å². The minimum Gasteiger partial charge on any atom is -0.472 e. The molecule has 1 aliphatic rings. The zero-order chi connectivity index (χ0) is 21.4. The van der Waals surface area contributed by atoms with Crippen molar-refractivity contribution in [1.29, 1.82) is 0 Å². The summed E-state index contributed by atoms with van der Waals surface area (Å²) in [5.41, 5.74) is 1.88. The van der Waals surface area contributed by atoms with Crippen LogP contribution >= 0.6 is 11.6 Å². The third-order valence-corrected chi connectivity index (χ3v) is 5.11. The molecule has 2 heterocycles. The largest absolute Gasteiger partial charge is 0.472 e.